The molecule has 0 bridgehead atoms. The normalized spacial score (nSPS) is 14.4. The minimum atomic E-state index is -0.385. The van der Waals surface area contributed by atoms with E-state index in [1.54, 1.807) is 24.4 Å². The third-order valence-corrected chi connectivity index (χ3v) is 4.05. The zero-order chi connectivity index (χ0) is 19.2. The zero-order valence-corrected chi connectivity index (χ0v) is 15.4. The summed E-state index contributed by atoms with van der Waals surface area (Å²) in [6.07, 6.45) is 4.30. The van der Waals surface area contributed by atoms with Crippen LogP contribution in [0.3, 0.4) is 0 Å². The van der Waals surface area contributed by atoms with Crippen LogP contribution in [0.5, 0.6) is 0 Å². The van der Waals surface area contributed by atoms with Gasteiger partial charge in [-0.1, -0.05) is 18.2 Å². The van der Waals surface area contributed by atoms with Crippen molar-refractivity contribution in [3.63, 3.8) is 0 Å². The van der Waals surface area contributed by atoms with E-state index >= 15 is 0 Å². The number of hydrogen-bond acceptors (Lipinski definition) is 6. The van der Waals surface area contributed by atoms with Gasteiger partial charge >= 0.3 is 0 Å². The second kappa shape index (κ2) is 8.59. The Kier molecular flexibility index (Phi) is 5.97. The molecule has 1 aromatic heterocycles. The van der Waals surface area contributed by atoms with Crippen LogP contribution in [0.1, 0.15) is 5.56 Å². The summed E-state index contributed by atoms with van der Waals surface area (Å²) < 4.78 is 19.0. The monoisotopic (exact) mass is 371 g/mol. The maximum Gasteiger partial charge on any atom is 0.248 e. The second-order valence-corrected chi connectivity index (χ2v) is 6.25. The van der Waals surface area contributed by atoms with Crippen LogP contribution < -0.4 is 15.1 Å². The molecule has 0 spiro atoms. The number of ether oxygens (including phenoxy) is 1. The molecule has 27 heavy (non-hydrogen) atoms. The van der Waals surface area contributed by atoms with Gasteiger partial charge in [0, 0.05) is 38.8 Å². The number of halogens is 1. The molecule has 3 rings (SSSR count). The van der Waals surface area contributed by atoms with Crippen molar-refractivity contribution in [2.45, 2.75) is 0 Å². The van der Waals surface area contributed by atoms with Crippen LogP contribution in [-0.4, -0.2) is 56.3 Å². The first-order valence-electron chi connectivity index (χ1n) is 8.65. The molecule has 2 heterocycles. The van der Waals surface area contributed by atoms with Gasteiger partial charge < -0.3 is 19.9 Å². The summed E-state index contributed by atoms with van der Waals surface area (Å²) in [7, 11) is 3.69. The van der Waals surface area contributed by atoms with E-state index in [9.17, 15) is 9.18 Å². The summed E-state index contributed by atoms with van der Waals surface area (Å²) in [5, 5.41) is 2.75. The fourth-order valence-electron chi connectivity index (χ4n) is 2.66. The van der Waals surface area contributed by atoms with Crippen molar-refractivity contribution in [1.29, 1.82) is 0 Å². The third-order valence-electron chi connectivity index (χ3n) is 4.05. The predicted molar refractivity (Wildman–Crippen MR) is 103 cm³/mol. The maximum atomic E-state index is 13.6. The molecule has 2 aromatic rings. The Morgan fingerprint density at radius 1 is 1.30 bits per heavy atom. The number of benzene rings is 1. The fourth-order valence-corrected chi connectivity index (χ4v) is 2.66. The zero-order valence-electron chi connectivity index (χ0n) is 15.4. The maximum absolute atomic E-state index is 13.6. The van der Waals surface area contributed by atoms with Gasteiger partial charge in [0.1, 0.15) is 11.5 Å². The molecule has 142 valence electrons. The van der Waals surface area contributed by atoms with E-state index in [0.717, 1.165) is 13.1 Å². The number of nitrogens with one attached hydrogen (secondary N) is 1. The molecule has 0 atom stereocenters. The highest BCUT2D eigenvalue weighted by atomic mass is 19.1. The molecule has 7 nitrogen and oxygen atoms in total. The van der Waals surface area contributed by atoms with Gasteiger partial charge in [-0.2, -0.15) is 4.98 Å². The van der Waals surface area contributed by atoms with Crippen molar-refractivity contribution >= 4 is 29.4 Å². The average molecular weight is 371 g/mol. The standard InChI is InChI=1S/C19H22FN5O2/c1-24(2)18-16(13-21-19(23-18)25-9-11-27-12-10-25)22-17(26)8-7-14-5-3-4-6-15(14)20/h3-8,13H,9-12H2,1-2H3,(H,22,26)/b8-7+. The molecule has 8 heteroatoms. The van der Waals surface area contributed by atoms with Gasteiger partial charge in [0.25, 0.3) is 0 Å². The molecule has 1 saturated heterocycles. The molecular weight excluding hydrogens is 349 g/mol. The fraction of sp³-hybridized carbons (Fsp3) is 0.316. The van der Waals surface area contributed by atoms with Gasteiger partial charge in [-0.05, 0) is 12.1 Å². The van der Waals surface area contributed by atoms with Gasteiger partial charge in [0.15, 0.2) is 5.82 Å². The smallest absolute Gasteiger partial charge is 0.248 e. The summed E-state index contributed by atoms with van der Waals surface area (Å²) in [6, 6.07) is 6.26. The van der Waals surface area contributed by atoms with E-state index < -0.39 is 0 Å². The highest BCUT2D eigenvalue weighted by Crippen LogP contribution is 2.24. The number of nitrogens with zero attached hydrogens (tertiary/aromatic N) is 4. The topological polar surface area (TPSA) is 70.6 Å². The van der Waals surface area contributed by atoms with Crippen LogP contribution in [0, 0.1) is 5.82 Å². The number of morpholine rings is 1. The van der Waals surface area contributed by atoms with Gasteiger partial charge in [-0.3, -0.25) is 4.79 Å². The first-order valence-corrected chi connectivity index (χ1v) is 8.65. The first-order chi connectivity index (χ1) is 13.0. The van der Waals surface area contributed by atoms with Gasteiger partial charge in [0.05, 0.1) is 19.4 Å². The van der Waals surface area contributed by atoms with Crippen molar-refractivity contribution in [3.05, 3.63) is 47.9 Å². The van der Waals surface area contributed by atoms with Crippen LogP contribution in [-0.2, 0) is 9.53 Å². The van der Waals surface area contributed by atoms with Crippen LogP contribution in [0.25, 0.3) is 6.08 Å². The van der Waals surface area contributed by atoms with Crippen molar-refractivity contribution in [2.24, 2.45) is 0 Å². The molecule has 1 aromatic carbocycles. The Bertz CT molecular complexity index is 835. The molecule has 0 unspecified atom stereocenters. The summed E-state index contributed by atoms with van der Waals surface area (Å²) in [5.74, 6) is 0.429. The number of anilines is 3. The van der Waals surface area contributed by atoms with E-state index in [1.807, 2.05) is 23.9 Å². The second-order valence-electron chi connectivity index (χ2n) is 6.25. The van der Waals surface area contributed by atoms with Crippen molar-refractivity contribution in [3.8, 4) is 0 Å². The average Bonchev–Trinajstić information content (AvgIpc) is 2.68. The first kappa shape index (κ1) is 18.8. The summed E-state index contributed by atoms with van der Waals surface area (Å²) >= 11 is 0. The molecule has 0 aliphatic carbocycles. The minimum absolute atomic E-state index is 0.347. The highest BCUT2D eigenvalue weighted by molar-refractivity contribution is 6.03. The SMILES string of the molecule is CN(C)c1nc(N2CCOCC2)ncc1NC(=O)/C=C/c1ccccc1F. The summed E-state index contributed by atoms with van der Waals surface area (Å²) in [5.41, 5.74) is 0.833. The third kappa shape index (κ3) is 4.79. The number of rotatable bonds is 5. The lowest BCUT2D eigenvalue weighted by atomic mass is 10.2. The van der Waals surface area contributed by atoms with Crippen LogP contribution >= 0.6 is 0 Å². The molecule has 0 saturated carbocycles. The van der Waals surface area contributed by atoms with Crippen molar-refractivity contribution in [2.75, 3.05) is 55.5 Å². The molecule has 0 radical (unpaired) electrons. The Labute approximate surface area is 157 Å². The van der Waals surface area contributed by atoms with Gasteiger partial charge in [0.2, 0.25) is 11.9 Å². The molecule has 1 amide bonds. The van der Waals surface area contributed by atoms with Gasteiger partial charge in [-0.25, -0.2) is 9.37 Å². The number of hydrogen-bond donors (Lipinski definition) is 1. The van der Waals surface area contributed by atoms with Crippen LogP contribution in [0.2, 0.25) is 0 Å². The van der Waals surface area contributed by atoms with Crippen molar-refractivity contribution in [1.82, 2.24) is 9.97 Å². The summed E-state index contributed by atoms with van der Waals surface area (Å²) in [4.78, 5) is 25.0. The highest BCUT2D eigenvalue weighted by Gasteiger charge is 2.17. The van der Waals surface area contributed by atoms with Gasteiger partial charge in [-0.15, -0.1) is 0 Å². The Balaban J connectivity index is 1.75. The van der Waals surface area contributed by atoms with E-state index in [4.69, 9.17) is 4.74 Å². The Morgan fingerprint density at radius 2 is 2.04 bits per heavy atom. The largest absolute Gasteiger partial charge is 0.378 e. The summed E-state index contributed by atoms with van der Waals surface area (Å²) in [6.45, 7) is 2.73. The molecule has 1 aliphatic rings. The lowest BCUT2D eigenvalue weighted by Crippen LogP contribution is -2.37. The number of carbonyl (C=O) groups is 1. The van der Waals surface area contributed by atoms with Crippen LogP contribution in [0.15, 0.2) is 36.5 Å². The van der Waals surface area contributed by atoms with E-state index in [0.29, 0.717) is 36.2 Å². The molecular formula is C19H22FN5O2. The lowest BCUT2D eigenvalue weighted by molar-refractivity contribution is -0.111. The number of carbonyl (C=O) groups excluding carboxylic acids is 1. The van der Waals surface area contributed by atoms with E-state index in [-0.39, 0.29) is 11.7 Å². The van der Waals surface area contributed by atoms with Crippen LogP contribution in [0.4, 0.5) is 21.8 Å². The molecule has 1 aliphatic heterocycles. The number of aromatic nitrogens is 2. The predicted octanol–water partition coefficient (Wildman–Crippen LogP) is 2.17. The van der Waals surface area contributed by atoms with Crippen molar-refractivity contribution < 1.29 is 13.9 Å². The molecule has 1 fully saturated rings. The van der Waals surface area contributed by atoms with E-state index in [1.165, 1.54) is 18.2 Å². The van der Waals surface area contributed by atoms with E-state index in [2.05, 4.69) is 15.3 Å². The Morgan fingerprint density at radius 3 is 2.74 bits per heavy atom. The number of amides is 1. The molecule has 1 N–H and O–H groups in total. The minimum Gasteiger partial charge on any atom is -0.378 e. The quantitative estimate of drug-likeness (QED) is 0.813. The lowest BCUT2D eigenvalue weighted by Gasteiger charge is -2.28. The Hall–Kier alpha value is -3.00.